The first kappa shape index (κ1) is 17.9. The highest BCUT2D eigenvalue weighted by molar-refractivity contribution is 6.00. The van der Waals surface area contributed by atoms with E-state index in [2.05, 4.69) is 4.98 Å². The molecular formula is C19H21N3O5. The number of rotatable bonds is 2. The largest absolute Gasteiger partial charge is 0.399 e. The van der Waals surface area contributed by atoms with Crippen molar-refractivity contribution in [2.24, 2.45) is 0 Å². The molecule has 1 aromatic heterocycles. The Morgan fingerprint density at radius 3 is 2.44 bits per heavy atom. The molecule has 1 aliphatic heterocycles. The minimum Gasteiger partial charge on any atom is -0.399 e. The maximum absolute atomic E-state index is 10.3. The number of nitrogen functional groups attached to an aromatic ring is 2. The monoisotopic (exact) mass is 371 g/mol. The fourth-order valence-electron chi connectivity index (χ4n) is 3.55. The fraction of sp³-hybridized carbons (Fsp3) is 0.316. The Labute approximate surface area is 154 Å². The summed E-state index contributed by atoms with van der Waals surface area (Å²) in [5.41, 5.74) is 14.8. The first-order chi connectivity index (χ1) is 12.9. The first-order valence-electron chi connectivity index (χ1n) is 8.59. The Kier molecular flexibility index (Phi) is 4.37. The Hall–Kier alpha value is -2.49. The molecule has 142 valence electrons. The van der Waals surface area contributed by atoms with Crippen LogP contribution in [0.3, 0.4) is 0 Å². The number of benzene rings is 2. The highest BCUT2D eigenvalue weighted by Gasteiger charge is 2.43. The summed E-state index contributed by atoms with van der Waals surface area (Å²) >= 11 is 0. The molecule has 27 heavy (non-hydrogen) atoms. The summed E-state index contributed by atoms with van der Waals surface area (Å²) in [6.07, 6.45) is -6.04. The van der Waals surface area contributed by atoms with Crippen LogP contribution < -0.4 is 11.5 Å². The highest BCUT2D eigenvalue weighted by atomic mass is 16.5. The molecule has 0 spiro atoms. The average molecular weight is 371 g/mol. The van der Waals surface area contributed by atoms with Crippen LogP contribution in [0.2, 0.25) is 0 Å². The van der Waals surface area contributed by atoms with Gasteiger partial charge in [0, 0.05) is 22.1 Å². The van der Waals surface area contributed by atoms with Crippen molar-refractivity contribution in [1.82, 2.24) is 4.98 Å². The van der Waals surface area contributed by atoms with Crippen molar-refractivity contribution in [3.8, 4) is 0 Å². The minimum absolute atomic E-state index is 0.476. The van der Waals surface area contributed by atoms with Crippen LogP contribution in [0.4, 0.5) is 11.4 Å². The molecule has 4 rings (SSSR count). The second-order valence-corrected chi connectivity index (χ2v) is 6.87. The van der Waals surface area contributed by atoms with E-state index in [0.717, 1.165) is 10.8 Å². The SMILES string of the molecule is Nc1cc(N)c2cc3ccc([C@@H]4O[C@H](CO)[C@@H](O)[C@H](O)[C@H]4O)cc3nc2c1. The molecule has 0 saturated carbocycles. The Morgan fingerprint density at radius 1 is 0.926 bits per heavy atom. The van der Waals surface area contributed by atoms with Gasteiger partial charge in [0.2, 0.25) is 0 Å². The fourth-order valence-corrected chi connectivity index (χ4v) is 3.55. The maximum Gasteiger partial charge on any atom is 0.113 e. The van der Waals surface area contributed by atoms with Gasteiger partial charge in [0.1, 0.15) is 30.5 Å². The van der Waals surface area contributed by atoms with Crippen LogP contribution in [-0.4, -0.2) is 56.4 Å². The van der Waals surface area contributed by atoms with Crippen LogP contribution in [0.25, 0.3) is 21.8 Å². The van der Waals surface area contributed by atoms with Gasteiger partial charge >= 0.3 is 0 Å². The predicted octanol–water partition coefficient (Wildman–Crippen LogP) is 0.0673. The number of nitrogens with two attached hydrogens (primary N) is 2. The normalized spacial score (nSPS) is 28.7. The molecule has 0 aliphatic carbocycles. The van der Waals surface area contributed by atoms with Crippen LogP contribution >= 0.6 is 0 Å². The molecule has 0 amide bonds. The summed E-state index contributed by atoms with van der Waals surface area (Å²) in [7, 11) is 0. The molecule has 0 radical (unpaired) electrons. The number of aliphatic hydroxyl groups is 4. The molecule has 0 unspecified atom stereocenters. The van der Waals surface area contributed by atoms with Gasteiger partial charge in [-0.15, -0.1) is 0 Å². The zero-order valence-corrected chi connectivity index (χ0v) is 14.4. The summed E-state index contributed by atoms with van der Waals surface area (Å²) in [6, 6.07) is 10.6. The summed E-state index contributed by atoms with van der Waals surface area (Å²) in [5.74, 6) is 0. The van der Waals surface area contributed by atoms with E-state index in [1.54, 1.807) is 24.3 Å². The van der Waals surface area contributed by atoms with E-state index >= 15 is 0 Å². The molecular weight excluding hydrogens is 350 g/mol. The molecule has 3 aromatic rings. The van der Waals surface area contributed by atoms with Gasteiger partial charge in [-0.3, -0.25) is 0 Å². The van der Waals surface area contributed by atoms with Crippen molar-refractivity contribution in [2.45, 2.75) is 30.5 Å². The Bertz CT molecular complexity index is 1010. The number of aliphatic hydroxyl groups excluding tert-OH is 4. The van der Waals surface area contributed by atoms with Gasteiger partial charge in [-0.1, -0.05) is 12.1 Å². The molecule has 0 bridgehead atoms. The smallest absolute Gasteiger partial charge is 0.113 e. The third-order valence-electron chi connectivity index (χ3n) is 5.03. The number of aromatic nitrogens is 1. The first-order valence-corrected chi connectivity index (χ1v) is 8.59. The summed E-state index contributed by atoms with van der Waals surface area (Å²) in [5, 5.41) is 41.3. The van der Waals surface area contributed by atoms with E-state index in [9.17, 15) is 20.4 Å². The number of anilines is 2. The van der Waals surface area contributed by atoms with Crippen molar-refractivity contribution < 1.29 is 25.2 Å². The highest BCUT2D eigenvalue weighted by Crippen LogP contribution is 2.34. The van der Waals surface area contributed by atoms with Gasteiger partial charge in [0.25, 0.3) is 0 Å². The van der Waals surface area contributed by atoms with Crippen LogP contribution in [0.15, 0.2) is 36.4 Å². The summed E-state index contributed by atoms with van der Waals surface area (Å²) < 4.78 is 5.61. The van der Waals surface area contributed by atoms with Crippen molar-refractivity contribution in [2.75, 3.05) is 18.1 Å². The van der Waals surface area contributed by atoms with Crippen molar-refractivity contribution in [3.05, 3.63) is 42.0 Å². The molecule has 1 saturated heterocycles. The van der Waals surface area contributed by atoms with E-state index < -0.39 is 37.1 Å². The van der Waals surface area contributed by atoms with Gasteiger partial charge in [-0.05, 0) is 29.8 Å². The summed E-state index contributed by atoms with van der Waals surface area (Å²) in [6.45, 7) is -0.476. The van der Waals surface area contributed by atoms with Crippen LogP contribution in [-0.2, 0) is 4.74 Å². The van der Waals surface area contributed by atoms with Gasteiger partial charge in [-0.2, -0.15) is 0 Å². The lowest BCUT2D eigenvalue weighted by Gasteiger charge is -2.40. The van der Waals surface area contributed by atoms with E-state index in [1.165, 1.54) is 0 Å². The third kappa shape index (κ3) is 2.97. The lowest BCUT2D eigenvalue weighted by molar-refractivity contribution is -0.231. The van der Waals surface area contributed by atoms with Gasteiger partial charge in [0.15, 0.2) is 0 Å². The second-order valence-electron chi connectivity index (χ2n) is 6.87. The Balaban J connectivity index is 1.79. The standard InChI is InChI=1S/C19H21N3O5/c20-10-5-12(21)11-3-8-1-2-9(4-13(8)22-14(11)6-10)19-18(26)17(25)16(24)15(7-23)27-19/h1-6,15-19,23-26H,7,20-21H2/t15-,16-,17+,18-,19+/m1/s1. The van der Waals surface area contributed by atoms with Crippen molar-refractivity contribution >= 4 is 33.2 Å². The molecule has 2 aromatic carbocycles. The van der Waals surface area contributed by atoms with Crippen molar-refractivity contribution in [1.29, 1.82) is 0 Å². The number of hydrogen-bond donors (Lipinski definition) is 6. The number of hydrogen-bond acceptors (Lipinski definition) is 8. The van der Waals surface area contributed by atoms with Crippen LogP contribution in [0, 0.1) is 0 Å². The topological polar surface area (TPSA) is 155 Å². The molecule has 8 heteroatoms. The molecule has 2 heterocycles. The van der Waals surface area contributed by atoms with Gasteiger partial charge < -0.3 is 36.6 Å². The number of ether oxygens (including phenoxy) is 1. The second kappa shape index (κ2) is 6.59. The molecule has 1 aliphatic rings. The van der Waals surface area contributed by atoms with Gasteiger partial charge in [-0.25, -0.2) is 4.98 Å². The zero-order chi connectivity index (χ0) is 19.3. The average Bonchev–Trinajstić information content (AvgIpc) is 2.64. The molecule has 8 N–H and O–H groups in total. The summed E-state index contributed by atoms with van der Waals surface area (Å²) in [4.78, 5) is 4.59. The zero-order valence-electron chi connectivity index (χ0n) is 14.4. The predicted molar refractivity (Wildman–Crippen MR) is 101 cm³/mol. The van der Waals surface area contributed by atoms with E-state index in [1.807, 2.05) is 12.1 Å². The van der Waals surface area contributed by atoms with Crippen LogP contribution in [0.1, 0.15) is 11.7 Å². The molecule has 1 fully saturated rings. The van der Waals surface area contributed by atoms with Gasteiger partial charge in [0.05, 0.1) is 17.6 Å². The lowest BCUT2D eigenvalue weighted by Crippen LogP contribution is -2.55. The number of nitrogens with zero attached hydrogens (tertiary/aromatic N) is 1. The Morgan fingerprint density at radius 2 is 1.70 bits per heavy atom. The quantitative estimate of drug-likeness (QED) is 0.273. The lowest BCUT2D eigenvalue weighted by atomic mass is 9.91. The minimum atomic E-state index is -1.43. The molecule has 5 atom stereocenters. The maximum atomic E-state index is 10.3. The number of fused-ring (bicyclic) bond motifs is 2. The van der Waals surface area contributed by atoms with E-state index in [0.29, 0.717) is 28.0 Å². The molecule has 8 nitrogen and oxygen atoms in total. The van der Waals surface area contributed by atoms with E-state index in [4.69, 9.17) is 16.2 Å². The van der Waals surface area contributed by atoms with Crippen molar-refractivity contribution in [3.63, 3.8) is 0 Å². The third-order valence-corrected chi connectivity index (χ3v) is 5.03. The van der Waals surface area contributed by atoms with Crippen LogP contribution in [0.5, 0.6) is 0 Å². The number of pyridine rings is 1. The van der Waals surface area contributed by atoms with E-state index in [-0.39, 0.29) is 0 Å².